The molecule has 0 saturated heterocycles. The number of alkyl halides is 3. The topological polar surface area (TPSA) is 75.3 Å². The van der Waals surface area contributed by atoms with E-state index in [2.05, 4.69) is 28.7 Å². The third kappa shape index (κ3) is 5.64. The Morgan fingerprint density at radius 3 is 2.51 bits per heavy atom. The van der Waals surface area contributed by atoms with Crippen LogP contribution in [0.3, 0.4) is 0 Å². The normalized spacial score (nSPS) is 21.1. The van der Waals surface area contributed by atoms with Gasteiger partial charge in [-0.1, -0.05) is 4.68 Å². The summed E-state index contributed by atoms with van der Waals surface area (Å²) in [7, 11) is 3.56. The number of carbonyl (C=O) groups excluding carboxylic acids is 1. The number of aromatic nitrogens is 3. The summed E-state index contributed by atoms with van der Waals surface area (Å²) in [6, 6.07) is 6.90. The second-order valence-electron chi connectivity index (χ2n) is 12.9. The molecular formula is C32H40F3N6O2+. The molecular weight excluding hydrogens is 557 g/mol. The van der Waals surface area contributed by atoms with Crippen LogP contribution in [0.4, 0.5) is 24.5 Å². The maximum atomic E-state index is 14.5. The molecule has 2 heterocycles. The second-order valence-corrected chi connectivity index (χ2v) is 12.9. The highest BCUT2D eigenvalue weighted by atomic mass is 19.4. The van der Waals surface area contributed by atoms with Crippen molar-refractivity contribution >= 4 is 17.3 Å². The van der Waals surface area contributed by atoms with Crippen LogP contribution in [0.15, 0.2) is 36.9 Å². The quantitative estimate of drug-likeness (QED) is 0.313. The van der Waals surface area contributed by atoms with Gasteiger partial charge in [0, 0.05) is 47.1 Å². The van der Waals surface area contributed by atoms with Gasteiger partial charge in [-0.3, -0.25) is 4.79 Å². The Balaban J connectivity index is 1.46. The van der Waals surface area contributed by atoms with E-state index in [0.29, 0.717) is 16.9 Å². The lowest BCUT2D eigenvalue weighted by molar-refractivity contribution is -0.672. The first-order valence-electron chi connectivity index (χ1n) is 15.0. The van der Waals surface area contributed by atoms with Gasteiger partial charge in [0.15, 0.2) is 5.69 Å². The van der Waals surface area contributed by atoms with Crippen molar-refractivity contribution in [2.75, 3.05) is 17.3 Å². The predicted octanol–water partition coefficient (Wildman–Crippen LogP) is 5.62. The molecule has 1 aromatic heterocycles. The Morgan fingerprint density at radius 2 is 1.93 bits per heavy atom. The van der Waals surface area contributed by atoms with Crippen LogP contribution in [0.25, 0.3) is 5.69 Å². The van der Waals surface area contributed by atoms with Crippen molar-refractivity contribution in [3.63, 3.8) is 0 Å². The molecule has 3 aliphatic rings. The fraction of sp³-hybridized carbons (Fsp3) is 0.531. The van der Waals surface area contributed by atoms with Crippen LogP contribution in [0.2, 0.25) is 0 Å². The molecule has 2 aromatic carbocycles. The van der Waals surface area contributed by atoms with Crippen molar-refractivity contribution in [1.29, 1.82) is 0 Å². The minimum Gasteiger partial charge on any atom is -0.383 e. The van der Waals surface area contributed by atoms with Crippen LogP contribution < -0.4 is 20.1 Å². The standard InChI is InChI=1S/C32H40F3N6O2/c1-19(2)38-22-13-24(21-11-23(12-21)43-5)29(41-18-39(4)17-37-41)28(14-22)40-16-26-25(30(40)42)9-20(10-27(26)32(33,34)35)15-36-31(3)7-6-8-31/h9-10,13-14,17-19,21,23,36,38H,6-8,11-12,15-16H2,1-5H3/q+1. The van der Waals surface area contributed by atoms with Crippen LogP contribution in [-0.4, -0.2) is 40.5 Å². The number of hydrogen-bond donors (Lipinski definition) is 2. The minimum absolute atomic E-state index is 0.0138. The summed E-state index contributed by atoms with van der Waals surface area (Å²) in [6.07, 6.45) is 3.71. The molecule has 11 heteroatoms. The third-order valence-corrected chi connectivity index (χ3v) is 9.20. The number of benzene rings is 2. The summed E-state index contributed by atoms with van der Waals surface area (Å²) in [5.41, 5.74) is 2.77. The van der Waals surface area contributed by atoms with Crippen molar-refractivity contribution in [1.82, 2.24) is 15.1 Å². The monoisotopic (exact) mass is 597 g/mol. The smallest absolute Gasteiger partial charge is 0.383 e. The first-order valence-corrected chi connectivity index (χ1v) is 15.0. The molecule has 0 unspecified atom stereocenters. The Morgan fingerprint density at radius 1 is 1.19 bits per heavy atom. The summed E-state index contributed by atoms with van der Waals surface area (Å²) in [4.78, 5) is 15.6. The van der Waals surface area contributed by atoms with Gasteiger partial charge in [0.2, 0.25) is 6.33 Å². The number of nitrogens with zero attached hydrogens (tertiary/aromatic N) is 4. The van der Waals surface area contributed by atoms with E-state index in [1.54, 1.807) is 28.8 Å². The molecule has 0 radical (unpaired) electrons. The molecule has 1 amide bonds. The highest BCUT2D eigenvalue weighted by Gasteiger charge is 2.43. The lowest BCUT2D eigenvalue weighted by atomic mass is 9.76. The van der Waals surface area contributed by atoms with Crippen molar-refractivity contribution in [3.05, 3.63) is 64.7 Å². The van der Waals surface area contributed by atoms with Gasteiger partial charge in [-0.05, 0) is 94.2 Å². The van der Waals surface area contributed by atoms with Crippen molar-refractivity contribution in [2.24, 2.45) is 7.05 Å². The molecule has 2 aliphatic carbocycles. The fourth-order valence-corrected chi connectivity index (χ4v) is 6.54. The van der Waals surface area contributed by atoms with E-state index in [1.807, 2.05) is 33.3 Å². The zero-order valence-electron chi connectivity index (χ0n) is 25.4. The minimum atomic E-state index is -4.59. The lowest BCUT2D eigenvalue weighted by Crippen LogP contribution is -2.47. The van der Waals surface area contributed by atoms with E-state index in [1.165, 1.54) is 11.0 Å². The summed E-state index contributed by atoms with van der Waals surface area (Å²) in [5, 5.41) is 11.4. The largest absolute Gasteiger partial charge is 0.416 e. The number of nitrogens with one attached hydrogen (secondary N) is 2. The number of methoxy groups -OCH3 is 1. The van der Waals surface area contributed by atoms with E-state index >= 15 is 0 Å². The molecule has 2 saturated carbocycles. The van der Waals surface area contributed by atoms with Gasteiger partial charge in [-0.25, -0.2) is 4.57 Å². The molecule has 0 bridgehead atoms. The average Bonchev–Trinajstić information content (AvgIpc) is 3.47. The Labute approximate surface area is 250 Å². The highest BCUT2D eigenvalue weighted by Crippen LogP contribution is 2.47. The van der Waals surface area contributed by atoms with Crippen molar-refractivity contribution < 1.29 is 27.3 Å². The molecule has 2 fully saturated rings. The number of carbonyl (C=O) groups is 1. The lowest BCUT2D eigenvalue weighted by Gasteiger charge is -2.39. The van der Waals surface area contributed by atoms with Gasteiger partial charge in [0.05, 0.1) is 30.9 Å². The van der Waals surface area contributed by atoms with Gasteiger partial charge in [0.25, 0.3) is 12.2 Å². The second kappa shape index (κ2) is 10.9. The number of amides is 1. The Kier molecular flexibility index (Phi) is 7.53. The van der Waals surface area contributed by atoms with Crippen molar-refractivity contribution in [3.8, 4) is 5.69 Å². The molecule has 230 valence electrons. The van der Waals surface area contributed by atoms with Crippen LogP contribution >= 0.6 is 0 Å². The number of hydrogen-bond acceptors (Lipinski definition) is 5. The Bertz CT molecular complexity index is 1540. The maximum Gasteiger partial charge on any atom is 0.416 e. The maximum absolute atomic E-state index is 14.5. The zero-order valence-corrected chi connectivity index (χ0v) is 25.4. The summed E-state index contributed by atoms with van der Waals surface area (Å²) in [6.45, 7) is 6.24. The fourth-order valence-electron chi connectivity index (χ4n) is 6.54. The number of fused-ring (bicyclic) bond motifs is 1. The molecule has 6 rings (SSSR count). The van der Waals surface area contributed by atoms with Gasteiger partial charge in [0.1, 0.15) is 0 Å². The van der Waals surface area contributed by atoms with Crippen LogP contribution in [0.1, 0.15) is 91.4 Å². The molecule has 1 aliphatic heterocycles. The van der Waals surface area contributed by atoms with E-state index < -0.39 is 17.6 Å². The van der Waals surface area contributed by atoms with Gasteiger partial charge in [-0.2, -0.15) is 13.2 Å². The van der Waals surface area contributed by atoms with Crippen molar-refractivity contribution in [2.45, 2.75) is 95.7 Å². The summed E-state index contributed by atoms with van der Waals surface area (Å²) < 4.78 is 52.6. The predicted molar refractivity (Wildman–Crippen MR) is 157 cm³/mol. The average molecular weight is 598 g/mol. The highest BCUT2D eigenvalue weighted by molar-refractivity contribution is 6.11. The third-order valence-electron chi connectivity index (χ3n) is 9.20. The molecule has 0 spiro atoms. The first-order chi connectivity index (χ1) is 20.3. The van der Waals surface area contributed by atoms with Crippen LogP contribution in [0, 0.1) is 0 Å². The molecule has 0 atom stereocenters. The molecule has 43 heavy (non-hydrogen) atoms. The van der Waals surface area contributed by atoms with Gasteiger partial charge in [-0.15, -0.1) is 0 Å². The van der Waals surface area contributed by atoms with Crippen LogP contribution in [-0.2, 0) is 31.1 Å². The molecule has 8 nitrogen and oxygen atoms in total. The summed E-state index contributed by atoms with van der Waals surface area (Å²) >= 11 is 0. The van der Waals surface area contributed by atoms with E-state index in [4.69, 9.17) is 4.74 Å². The van der Waals surface area contributed by atoms with E-state index in [-0.39, 0.29) is 47.8 Å². The number of rotatable bonds is 9. The van der Waals surface area contributed by atoms with Gasteiger partial charge >= 0.3 is 6.18 Å². The number of anilines is 2. The van der Waals surface area contributed by atoms with Crippen LogP contribution in [0.5, 0.6) is 0 Å². The molecule has 3 aromatic rings. The SMILES string of the molecule is COC1CC(c2cc(NC(C)C)cc(N3Cc4c(cc(CNC5(C)CCC5)cc4C(F)(F)F)C3=O)c2-n2c[n+](C)cn2)C1. The first kappa shape index (κ1) is 29.6. The molecule has 2 N–H and O–H groups in total. The van der Waals surface area contributed by atoms with E-state index in [0.717, 1.165) is 43.4 Å². The Hall–Kier alpha value is -3.44. The zero-order chi connectivity index (χ0) is 30.7. The summed E-state index contributed by atoms with van der Waals surface area (Å²) in [5.74, 6) is -0.288. The van der Waals surface area contributed by atoms with E-state index in [9.17, 15) is 18.0 Å². The number of aryl methyl sites for hydroxylation is 1. The number of halogens is 3. The van der Waals surface area contributed by atoms with Gasteiger partial charge < -0.3 is 20.3 Å². The number of ether oxygens (including phenoxy) is 1.